The Labute approximate surface area is 119 Å². The topological polar surface area (TPSA) is 29.9 Å². The Morgan fingerprint density at radius 3 is 2.42 bits per heavy atom. The molecule has 1 heterocycles. The van der Waals surface area contributed by atoms with Gasteiger partial charge in [0.2, 0.25) is 0 Å². The quantitative estimate of drug-likeness (QED) is 0.926. The first-order chi connectivity index (χ1) is 8.95. The van der Waals surface area contributed by atoms with Gasteiger partial charge in [-0.25, -0.2) is 4.68 Å². The number of nitrogens with zero attached hydrogens (tertiary/aromatic N) is 2. The van der Waals surface area contributed by atoms with Crippen molar-refractivity contribution in [2.75, 3.05) is 7.05 Å². The molecule has 0 saturated heterocycles. The monoisotopic (exact) mass is 277 g/mol. The number of benzene rings is 1. The van der Waals surface area contributed by atoms with E-state index in [-0.39, 0.29) is 6.04 Å². The van der Waals surface area contributed by atoms with Crippen LogP contribution in [-0.4, -0.2) is 16.8 Å². The molecule has 0 bridgehead atoms. The number of halogens is 1. The average Bonchev–Trinajstić information content (AvgIpc) is 2.65. The van der Waals surface area contributed by atoms with Crippen LogP contribution in [0.15, 0.2) is 18.2 Å². The van der Waals surface area contributed by atoms with Gasteiger partial charge in [-0.1, -0.05) is 17.7 Å². The zero-order valence-corrected chi connectivity index (χ0v) is 12.8. The van der Waals surface area contributed by atoms with Crippen LogP contribution in [0.1, 0.15) is 35.5 Å². The molecule has 3 nitrogen and oxygen atoms in total. The van der Waals surface area contributed by atoms with Crippen LogP contribution in [0.3, 0.4) is 0 Å². The van der Waals surface area contributed by atoms with E-state index in [0.29, 0.717) is 0 Å². The summed E-state index contributed by atoms with van der Waals surface area (Å²) in [6.07, 6.45) is 0. The molecule has 0 fully saturated rings. The SMILES string of the molecule is CNC(C)c1ccc(-n2nc(C)c(C)c2C)c(Cl)c1. The lowest BCUT2D eigenvalue weighted by Crippen LogP contribution is -2.12. The van der Waals surface area contributed by atoms with Crippen molar-refractivity contribution in [2.45, 2.75) is 33.7 Å². The summed E-state index contributed by atoms with van der Waals surface area (Å²) in [7, 11) is 1.94. The number of aromatic nitrogens is 2. The summed E-state index contributed by atoms with van der Waals surface area (Å²) >= 11 is 6.41. The van der Waals surface area contributed by atoms with E-state index >= 15 is 0 Å². The summed E-state index contributed by atoms with van der Waals surface area (Å²) in [4.78, 5) is 0. The summed E-state index contributed by atoms with van der Waals surface area (Å²) in [6, 6.07) is 6.41. The van der Waals surface area contributed by atoms with Crippen molar-refractivity contribution in [3.63, 3.8) is 0 Å². The first kappa shape index (κ1) is 14.1. The predicted octanol–water partition coefficient (Wildman–Crippen LogP) is 3.73. The third kappa shape index (κ3) is 2.53. The van der Waals surface area contributed by atoms with E-state index in [2.05, 4.69) is 37.3 Å². The van der Waals surface area contributed by atoms with Gasteiger partial charge in [-0.15, -0.1) is 0 Å². The summed E-state index contributed by atoms with van der Waals surface area (Å²) in [5.74, 6) is 0. The second kappa shape index (κ2) is 5.35. The second-order valence-electron chi connectivity index (χ2n) is 4.93. The summed E-state index contributed by atoms with van der Waals surface area (Å²) in [5.41, 5.74) is 5.50. The molecule has 0 spiro atoms. The molecule has 0 saturated carbocycles. The smallest absolute Gasteiger partial charge is 0.0835 e. The second-order valence-corrected chi connectivity index (χ2v) is 5.34. The van der Waals surface area contributed by atoms with Crippen LogP contribution in [0.25, 0.3) is 5.69 Å². The lowest BCUT2D eigenvalue weighted by atomic mass is 10.1. The molecule has 0 amide bonds. The zero-order chi connectivity index (χ0) is 14.2. The highest BCUT2D eigenvalue weighted by Crippen LogP contribution is 2.26. The molecule has 1 aromatic heterocycles. The zero-order valence-electron chi connectivity index (χ0n) is 12.1. The van der Waals surface area contributed by atoms with Gasteiger partial charge in [-0.2, -0.15) is 5.10 Å². The molecule has 19 heavy (non-hydrogen) atoms. The third-order valence-electron chi connectivity index (χ3n) is 3.79. The van der Waals surface area contributed by atoms with Crippen molar-refractivity contribution >= 4 is 11.6 Å². The van der Waals surface area contributed by atoms with Crippen molar-refractivity contribution in [3.05, 3.63) is 45.7 Å². The average molecular weight is 278 g/mol. The van der Waals surface area contributed by atoms with Crippen LogP contribution in [0, 0.1) is 20.8 Å². The van der Waals surface area contributed by atoms with E-state index < -0.39 is 0 Å². The van der Waals surface area contributed by atoms with Crippen LogP contribution >= 0.6 is 11.6 Å². The minimum absolute atomic E-state index is 0.286. The highest BCUT2D eigenvalue weighted by Gasteiger charge is 2.13. The lowest BCUT2D eigenvalue weighted by Gasteiger charge is -2.13. The van der Waals surface area contributed by atoms with Crippen molar-refractivity contribution in [2.24, 2.45) is 0 Å². The maximum Gasteiger partial charge on any atom is 0.0835 e. The van der Waals surface area contributed by atoms with Gasteiger partial charge in [0.05, 0.1) is 16.4 Å². The van der Waals surface area contributed by atoms with Crippen molar-refractivity contribution in [1.82, 2.24) is 15.1 Å². The molecular weight excluding hydrogens is 258 g/mol. The fourth-order valence-corrected chi connectivity index (χ4v) is 2.36. The minimum atomic E-state index is 0.286. The molecule has 1 N–H and O–H groups in total. The van der Waals surface area contributed by atoms with Crippen LogP contribution in [0.4, 0.5) is 0 Å². The van der Waals surface area contributed by atoms with Crippen molar-refractivity contribution in [3.8, 4) is 5.69 Å². The van der Waals surface area contributed by atoms with Crippen molar-refractivity contribution < 1.29 is 0 Å². The summed E-state index contributed by atoms with van der Waals surface area (Å²) in [5, 5.41) is 8.49. The van der Waals surface area contributed by atoms with Gasteiger partial charge in [-0.3, -0.25) is 0 Å². The van der Waals surface area contributed by atoms with E-state index in [9.17, 15) is 0 Å². The van der Waals surface area contributed by atoms with E-state index in [1.165, 1.54) is 11.1 Å². The van der Waals surface area contributed by atoms with E-state index in [0.717, 1.165) is 22.1 Å². The number of rotatable bonds is 3. The number of nitrogens with one attached hydrogen (secondary N) is 1. The Bertz CT molecular complexity index is 602. The number of hydrogen-bond donors (Lipinski definition) is 1. The Morgan fingerprint density at radius 1 is 1.26 bits per heavy atom. The molecule has 102 valence electrons. The molecule has 0 aliphatic rings. The highest BCUT2D eigenvalue weighted by molar-refractivity contribution is 6.32. The Kier molecular flexibility index (Phi) is 3.97. The first-order valence-corrected chi connectivity index (χ1v) is 6.83. The number of aryl methyl sites for hydroxylation is 1. The molecule has 0 aliphatic heterocycles. The molecule has 1 aromatic carbocycles. The normalized spacial score (nSPS) is 12.7. The molecule has 1 atom stereocenters. The van der Waals surface area contributed by atoms with Gasteiger partial charge >= 0.3 is 0 Å². The predicted molar refractivity (Wildman–Crippen MR) is 80.3 cm³/mol. The summed E-state index contributed by atoms with van der Waals surface area (Å²) in [6.45, 7) is 8.28. The third-order valence-corrected chi connectivity index (χ3v) is 4.09. The van der Waals surface area contributed by atoms with Crippen LogP contribution in [0.2, 0.25) is 5.02 Å². The maximum absolute atomic E-state index is 6.41. The molecule has 4 heteroatoms. The van der Waals surface area contributed by atoms with Gasteiger partial charge in [-0.05, 0) is 58.0 Å². The maximum atomic E-state index is 6.41. The van der Waals surface area contributed by atoms with Gasteiger partial charge in [0.15, 0.2) is 0 Å². The minimum Gasteiger partial charge on any atom is -0.313 e. The Morgan fingerprint density at radius 2 is 1.95 bits per heavy atom. The highest BCUT2D eigenvalue weighted by atomic mass is 35.5. The molecule has 0 aliphatic carbocycles. The number of hydrogen-bond acceptors (Lipinski definition) is 2. The van der Waals surface area contributed by atoms with Crippen molar-refractivity contribution in [1.29, 1.82) is 0 Å². The van der Waals surface area contributed by atoms with E-state index in [4.69, 9.17) is 11.6 Å². The van der Waals surface area contributed by atoms with Gasteiger partial charge < -0.3 is 5.32 Å². The van der Waals surface area contributed by atoms with Gasteiger partial charge in [0.1, 0.15) is 0 Å². The van der Waals surface area contributed by atoms with E-state index in [1.54, 1.807) is 0 Å². The van der Waals surface area contributed by atoms with Crippen LogP contribution in [0.5, 0.6) is 0 Å². The lowest BCUT2D eigenvalue weighted by molar-refractivity contribution is 0.652. The van der Waals surface area contributed by atoms with Gasteiger partial charge in [0.25, 0.3) is 0 Å². The van der Waals surface area contributed by atoms with E-state index in [1.807, 2.05) is 30.8 Å². The molecule has 0 radical (unpaired) electrons. The molecule has 2 rings (SSSR count). The molecule has 2 aromatic rings. The summed E-state index contributed by atoms with van der Waals surface area (Å²) < 4.78 is 1.92. The van der Waals surface area contributed by atoms with Gasteiger partial charge in [0, 0.05) is 11.7 Å². The first-order valence-electron chi connectivity index (χ1n) is 6.45. The Hall–Kier alpha value is -1.32. The fraction of sp³-hybridized carbons (Fsp3) is 0.400. The Balaban J connectivity index is 2.49. The molecule has 1 unspecified atom stereocenters. The van der Waals surface area contributed by atoms with Crippen LogP contribution in [-0.2, 0) is 0 Å². The standard InChI is InChI=1S/C15H20ClN3/c1-9-10(2)18-19(12(9)4)15-7-6-13(8-14(15)16)11(3)17-5/h6-8,11,17H,1-5H3. The van der Waals surface area contributed by atoms with Crippen LogP contribution < -0.4 is 5.32 Å². The largest absolute Gasteiger partial charge is 0.313 e. The molecular formula is C15H20ClN3. The fourth-order valence-electron chi connectivity index (χ4n) is 2.09.